The maximum Gasteiger partial charge on any atom is 0.302 e. The monoisotopic (exact) mass is 288 g/mol. The molecule has 0 aliphatic heterocycles. The standard InChI is InChI=1S/C18H24O3/c1-12(19)21-18-8-6-16(11-18)13-3-4-15-10-17(20-2)7-5-14(15)9-13/h5,7,10,13,16,18H,3-4,6,8-9,11H2,1-2H3/t13-,16+,18+/m0/s1. The molecule has 1 aromatic carbocycles. The van der Waals surface area contributed by atoms with Crippen molar-refractivity contribution in [3.05, 3.63) is 29.3 Å². The van der Waals surface area contributed by atoms with Crippen LogP contribution in [0.3, 0.4) is 0 Å². The van der Waals surface area contributed by atoms with Crippen molar-refractivity contribution in [2.45, 2.75) is 51.6 Å². The lowest BCUT2D eigenvalue weighted by Crippen LogP contribution is -2.22. The Kier molecular flexibility index (Phi) is 4.18. The zero-order chi connectivity index (χ0) is 14.8. The van der Waals surface area contributed by atoms with E-state index in [0.717, 1.165) is 37.4 Å². The highest BCUT2D eigenvalue weighted by Crippen LogP contribution is 2.40. The van der Waals surface area contributed by atoms with Gasteiger partial charge in [0.2, 0.25) is 0 Å². The van der Waals surface area contributed by atoms with Crippen molar-refractivity contribution in [2.75, 3.05) is 7.11 Å². The van der Waals surface area contributed by atoms with Crippen LogP contribution in [0.2, 0.25) is 0 Å². The number of esters is 1. The minimum atomic E-state index is -0.137. The maximum atomic E-state index is 11.1. The van der Waals surface area contributed by atoms with E-state index in [-0.39, 0.29) is 12.1 Å². The number of fused-ring (bicyclic) bond motifs is 1. The minimum absolute atomic E-state index is 0.137. The molecule has 2 aliphatic carbocycles. The van der Waals surface area contributed by atoms with Gasteiger partial charge < -0.3 is 9.47 Å². The molecule has 3 heteroatoms. The van der Waals surface area contributed by atoms with Crippen LogP contribution in [-0.4, -0.2) is 19.2 Å². The summed E-state index contributed by atoms with van der Waals surface area (Å²) in [4.78, 5) is 11.1. The first-order chi connectivity index (χ1) is 10.2. The molecule has 3 atom stereocenters. The number of aryl methyl sites for hydroxylation is 1. The zero-order valence-corrected chi connectivity index (χ0v) is 12.9. The van der Waals surface area contributed by atoms with Gasteiger partial charge in [-0.25, -0.2) is 0 Å². The number of benzene rings is 1. The lowest BCUT2D eigenvalue weighted by molar-refractivity contribution is -0.146. The topological polar surface area (TPSA) is 35.5 Å². The number of methoxy groups -OCH3 is 1. The van der Waals surface area contributed by atoms with Gasteiger partial charge in [-0.15, -0.1) is 0 Å². The summed E-state index contributed by atoms with van der Waals surface area (Å²) in [7, 11) is 1.72. The molecule has 0 spiro atoms. The molecular formula is C18H24O3. The third-order valence-corrected chi connectivity index (χ3v) is 5.10. The molecule has 3 nitrogen and oxygen atoms in total. The molecule has 2 aliphatic rings. The van der Waals surface area contributed by atoms with E-state index < -0.39 is 0 Å². The van der Waals surface area contributed by atoms with E-state index in [2.05, 4.69) is 18.2 Å². The molecule has 0 aromatic heterocycles. The second kappa shape index (κ2) is 6.08. The molecule has 21 heavy (non-hydrogen) atoms. The maximum absolute atomic E-state index is 11.1. The number of carbonyl (C=O) groups excluding carboxylic acids is 1. The third kappa shape index (κ3) is 3.22. The van der Waals surface area contributed by atoms with Crippen LogP contribution in [-0.2, 0) is 22.4 Å². The average molecular weight is 288 g/mol. The highest BCUT2D eigenvalue weighted by atomic mass is 16.5. The summed E-state index contributed by atoms with van der Waals surface area (Å²) in [5.74, 6) is 2.28. The predicted molar refractivity (Wildman–Crippen MR) is 81.4 cm³/mol. The van der Waals surface area contributed by atoms with Crippen LogP contribution >= 0.6 is 0 Å². The van der Waals surface area contributed by atoms with Gasteiger partial charge in [0, 0.05) is 6.92 Å². The summed E-state index contributed by atoms with van der Waals surface area (Å²) in [6.07, 6.45) is 7.00. The fourth-order valence-electron chi connectivity index (χ4n) is 4.03. The van der Waals surface area contributed by atoms with Gasteiger partial charge in [-0.3, -0.25) is 4.79 Å². The number of carbonyl (C=O) groups is 1. The second-order valence-electron chi connectivity index (χ2n) is 6.44. The molecule has 0 unspecified atom stereocenters. The van der Waals surface area contributed by atoms with Crippen LogP contribution in [0.1, 0.15) is 43.7 Å². The molecular weight excluding hydrogens is 264 g/mol. The van der Waals surface area contributed by atoms with Crippen LogP contribution in [0.4, 0.5) is 0 Å². The fraction of sp³-hybridized carbons (Fsp3) is 0.611. The van der Waals surface area contributed by atoms with E-state index in [0.29, 0.717) is 5.92 Å². The first kappa shape index (κ1) is 14.4. The first-order valence-electron chi connectivity index (χ1n) is 7.98. The van der Waals surface area contributed by atoms with Gasteiger partial charge in [0.1, 0.15) is 11.9 Å². The third-order valence-electron chi connectivity index (χ3n) is 5.10. The smallest absolute Gasteiger partial charge is 0.302 e. The summed E-state index contributed by atoms with van der Waals surface area (Å²) >= 11 is 0. The molecule has 114 valence electrons. The van der Waals surface area contributed by atoms with E-state index >= 15 is 0 Å². The zero-order valence-electron chi connectivity index (χ0n) is 12.9. The van der Waals surface area contributed by atoms with Gasteiger partial charge in [-0.1, -0.05) is 6.07 Å². The lowest BCUT2D eigenvalue weighted by Gasteiger charge is -2.29. The molecule has 1 saturated carbocycles. The van der Waals surface area contributed by atoms with Crippen molar-refractivity contribution < 1.29 is 14.3 Å². The number of rotatable bonds is 3. The normalized spacial score (nSPS) is 28.0. The molecule has 1 fully saturated rings. The Morgan fingerprint density at radius 3 is 2.76 bits per heavy atom. The van der Waals surface area contributed by atoms with Crippen molar-refractivity contribution in [1.29, 1.82) is 0 Å². The van der Waals surface area contributed by atoms with Gasteiger partial charge in [0.25, 0.3) is 0 Å². The Morgan fingerprint density at radius 1 is 1.14 bits per heavy atom. The quantitative estimate of drug-likeness (QED) is 0.798. The number of hydrogen-bond acceptors (Lipinski definition) is 3. The Morgan fingerprint density at radius 2 is 2.00 bits per heavy atom. The molecule has 0 bridgehead atoms. The first-order valence-corrected chi connectivity index (χ1v) is 7.98. The molecule has 1 aromatic rings. The SMILES string of the molecule is COc1ccc2c(c1)CC[C@H]([C@@H]1CC[C@@H](OC(C)=O)C1)C2. The van der Waals surface area contributed by atoms with Gasteiger partial charge in [0.15, 0.2) is 0 Å². The van der Waals surface area contributed by atoms with Crippen molar-refractivity contribution in [2.24, 2.45) is 11.8 Å². The van der Waals surface area contributed by atoms with Crippen molar-refractivity contribution in [3.8, 4) is 5.75 Å². The Hall–Kier alpha value is -1.51. The van der Waals surface area contributed by atoms with E-state index in [9.17, 15) is 4.79 Å². The molecule has 3 rings (SSSR count). The lowest BCUT2D eigenvalue weighted by atomic mass is 9.76. The summed E-state index contributed by atoms with van der Waals surface area (Å²) < 4.78 is 10.7. The van der Waals surface area contributed by atoms with Crippen LogP contribution < -0.4 is 4.74 Å². The van der Waals surface area contributed by atoms with E-state index in [1.165, 1.54) is 30.9 Å². The molecule has 0 N–H and O–H groups in total. The summed E-state index contributed by atoms with van der Waals surface area (Å²) in [5, 5.41) is 0. The van der Waals surface area contributed by atoms with E-state index in [1.807, 2.05) is 0 Å². The predicted octanol–water partition coefficient (Wildman–Crippen LogP) is 3.53. The largest absolute Gasteiger partial charge is 0.497 e. The van der Waals surface area contributed by atoms with Crippen LogP contribution in [0.25, 0.3) is 0 Å². The van der Waals surface area contributed by atoms with Crippen LogP contribution in [0.15, 0.2) is 18.2 Å². The minimum Gasteiger partial charge on any atom is -0.497 e. The van der Waals surface area contributed by atoms with Crippen LogP contribution in [0, 0.1) is 11.8 Å². The molecule has 0 amide bonds. The summed E-state index contributed by atoms with van der Waals surface area (Å²) in [6.45, 7) is 1.51. The second-order valence-corrected chi connectivity index (χ2v) is 6.44. The fourth-order valence-corrected chi connectivity index (χ4v) is 4.03. The van der Waals surface area contributed by atoms with E-state index in [4.69, 9.17) is 9.47 Å². The van der Waals surface area contributed by atoms with Crippen molar-refractivity contribution >= 4 is 5.97 Å². The Labute approximate surface area is 126 Å². The van der Waals surface area contributed by atoms with Gasteiger partial charge in [-0.05, 0) is 73.6 Å². The van der Waals surface area contributed by atoms with Crippen molar-refractivity contribution in [3.63, 3.8) is 0 Å². The highest BCUT2D eigenvalue weighted by molar-refractivity contribution is 5.66. The van der Waals surface area contributed by atoms with Gasteiger partial charge >= 0.3 is 5.97 Å². The highest BCUT2D eigenvalue weighted by Gasteiger charge is 2.34. The Balaban J connectivity index is 1.63. The number of hydrogen-bond donors (Lipinski definition) is 0. The molecule has 0 radical (unpaired) electrons. The summed E-state index contributed by atoms with van der Waals surface area (Å²) in [6, 6.07) is 6.47. The van der Waals surface area contributed by atoms with Gasteiger partial charge in [-0.2, -0.15) is 0 Å². The van der Waals surface area contributed by atoms with Crippen LogP contribution in [0.5, 0.6) is 5.75 Å². The molecule has 0 saturated heterocycles. The van der Waals surface area contributed by atoms with Gasteiger partial charge in [0.05, 0.1) is 7.11 Å². The van der Waals surface area contributed by atoms with Crippen molar-refractivity contribution in [1.82, 2.24) is 0 Å². The summed E-state index contributed by atoms with van der Waals surface area (Å²) in [5.41, 5.74) is 2.92. The average Bonchev–Trinajstić information content (AvgIpc) is 2.93. The Bertz CT molecular complexity index is 523. The number of ether oxygens (including phenoxy) is 2. The van der Waals surface area contributed by atoms with E-state index in [1.54, 1.807) is 7.11 Å². The molecule has 0 heterocycles.